The summed E-state index contributed by atoms with van der Waals surface area (Å²) in [5.74, 6) is 2.39. The molecular formula is C13H23NO3S. The van der Waals surface area contributed by atoms with E-state index in [1.165, 1.54) is 12.2 Å². The van der Waals surface area contributed by atoms with Gasteiger partial charge in [0, 0.05) is 31.9 Å². The monoisotopic (exact) mass is 273 g/mol. The molecule has 3 heterocycles. The van der Waals surface area contributed by atoms with Gasteiger partial charge in [-0.25, -0.2) is 0 Å². The second-order valence-corrected chi connectivity index (χ2v) is 6.58. The van der Waals surface area contributed by atoms with E-state index in [1.807, 2.05) is 11.8 Å². The minimum atomic E-state index is 0.124. The number of nitrogens with one attached hydrogen (secondary N) is 1. The van der Waals surface area contributed by atoms with Crippen molar-refractivity contribution in [3.8, 4) is 0 Å². The summed E-state index contributed by atoms with van der Waals surface area (Å²) >= 11 is 2.01. The molecule has 0 radical (unpaired) electrons. The second kappa shape index (κ2) is 6.09. The molecule has 1 N–H and O–H groups in total. The Bertz CT molecular complexity index is 265. The molecule has 3 fully saturated rings. The van der Waals surface area contributed by atoms with Crippen molar-refractivity contribution in [2.24, 2.45) is 0 Å². The summed E-state index contributed by atoms with van der Waals surface area (Å²) in [5.41, 5.74) is 0.124. The first-order valence-electron chi connectivity index (χ1n) is 7.02. The molecule has 0 aromatic rings. The highest BCUT2D eigenvalue weighted by Gasteiger charge is 2.40. The lowest BCUT2D eigenvalue weighted by Crippen LogP contribution is -2.45. The molecule has 4 nitrogen and oxygen atoms in total. The summed E-state index contributed by atoms with van der Waals surface area (Å²) in [5, 5.41) is 3.34. The lowest BCUT2D eigenvalue weighted by molar-refractivity contribution is -0.136. The van der Waals surface area contributed by atoms with E-state index in [1.54, 1.807) is 0 Å². The van der Waals surface area contributed by atoms with E-state index in [0.717, 1.165) is 51.5 Å². The maximum atomic E-state index is 6.05. The molecule has 3 unspecified atom stereocenters. The van der Waals surface area contributed by atoms with Gasteiger partial charge in [-0.05, 0) is 18.6 Å². The third kappa shape index (κ3) is 3.20. The zero-order chi connectivity index (χ0) is 12.3. The van der Waals surface area contributed by atoms with Crippen molar-refractivity contribution >= 4 is 11.8 Å². The predicted molar refractivity (Wildman–Crippen MR) is 72.2 cm³/mol. The standard InChI is InChI=1S/C13H23NO3S/c1-4-17-13(2-6-18-10-13)7-11(1)16-9-12-8-14-3-5-15-12/h11-12,14H,1-10H2. The van der Waals surface area contributed by atoms with E-state index in [0.29, 0.717) is 6.10 Å². The van der Waals surface area contributed by atoms with Crippen LogP contribution in [0.25, 0.3) is 0 Å². The molecule has 3 atom stereocenters. The van der Waals surface area contributed by atoms with Gasteiger partial charge in [0.25, 0.3) is 0 Å². The van der Waals surface area contributed by atoms with Crippen LogP contribution in [0.3, 0.4) is 0 Å². The highest BCUT2D eigenvalue weighted by atomic mass is 32.2. The maximum absolute atomic E-state index is 6.05. The number of hydrogen-bond acceptors (Lipinski definition) is 5. The predicted octanol–water partition coefficient (Wildman–Crippen LogP) is 1.05. The summed E-state index contributed by atoms with van der Waals surface area (Å²) < 4.78 is 17.7. The average molecular weight is 273 g/mol. The first-order chi connectivity index (χ1) is 8.86. The molecular weight excluding hydrogens is 250 g/mol. The smallest absolute Gasteiger partial charge is 0.0933 e. The lowest BCUT2D eigenvalue weighted by atomic mass is 9.91. The van der Waals surface area contributed by atoms with E-state index in [9.17, 15) is 0 Å². The van der Waals surface area contributed by atoms with Crippen LogP contribution in [0.5, 0.6) is 0 Å². The molecule has 0 aliphatic carbocycles. The van der Waals surface area contributed by atoms with E-state index >= 15 is 0 Å². The number of morpholine rings is 1. The van der Waals surface area contributed by atoms with Gasteiger partial charge < -0.3 is 19.5 Å². The average Bonchev–Trinajstić information content (AvgIpc) is 2.86. The van der Waals surface area contributed by atoms with E-state index < -0.39 is 0 Å². The Balaban J connectivity index is 1.44. The molecule has 0 bridgehead atoms. The molecule has 3 aliphatic heterocycles. The third-order valence-corrected chi connectivity index (χ3v) is 5.26. The number of hydrogen-bond donors (Lipinski definition) is 1. The summed E-state index contributed by atoms with van der Waals surface area (Å²) in [6, 6.07) is 0. The third-order valence-electron chi connectivity index (χ3n) is 4.04. The van der Waals surface area contributed by atoms with Gasteiger partial charge >= 0.3 is 0 Å². The topological polar surface area (TPSA) is 39.7 Å². The fourth-order valence-corrected chi connectivity index (χ4v) is 4.34. The van der Waals surface area contributed by atoms with Crippen molar-refractivity contribution in [3.05, 3.63) is 0 Å². The molecule has 1 spiro atoms. The highest BCUT2D eigenvalue weighted by molar-refractivity contribution is 7.99. The maximum Gasteiger partial charge on any atom is 0.0933 e. The Hall–Kier alpha value is 0.190. The second-order valence-electron chi connectivity index (χ2n) is 5.48. The number of rotatable bonds is 3. The zero-order valence-electron chi connectivity index (χ0n) is 10.9. The minimum Gasteiger partial charge on any atom is -0.375 e. The van der Waals surface area contributed by atoms with Gasteiger partial charge in [0.15, 0.2) is 0 Å². The largest absolute Gasteiger partial charge is 0.375 e. The number of ether oxygens (including phenoxy) is 3. The van der Waals surface area contributed by atoms with Crippen molar-refractivity contribution in [2.45, 2.75) is 37.1 Å². The van der Waals surface area contributed by atoms with E-state index in [4.69, 9.17) is 14.2 Å². The van der Waals surface area contributed by atoms with E-state index in [-0.39, 0.29) is 11.7 Å². The molecule has 3 saturated heterocycles. The van der Waals surface area contributed by atoms with E-state index in [2.05, 4.69) is 5.32 Å². The van der Waals surface area contributed by atoms with Gasteiger partial charge in [-0.2, -0.15) is 11.8 Å². The van der Waals surface area contributed by atoms with Crippen LogP contribution in [-0.4, -0.2) is 62.2 Å². The molecule has 104 valence electrons. The molecule has 0 aromatic heterocycles. The highest BCUT2D eigenvalue weighted by Crippen LogP contribution is 2.39. The van der Waals surface area contributed by atoms with Crippen LogP contribution in [0.15, 0.2) is 0 Å². The van der Waals surface area contributed by atoms with Crippen molar-refractivity contribution in [2.75, 3.05) is 44.4 Å². The van der Waals surface area contributed by atoms with Crippen LogP contribution >= 0.6 is 11.8 Å². The molecule has 3 rings (SSSR count). The molecule has 0 amide bonds. The Morgan fingerprint density at radius 3 is 3.17 bits per heavy atom. The van der Waals surface area contributed by atoms with Crippen molar-refractivity contribution in [1.29, 1.82) is 0 Å². The van der Waals surface area contributed by atoms with Gasteiger partial charge in [0.05, 0.1) is 31.0 Å². The minimum absolute atomic E-state index is 0.124. The Morgan fingerprint density at radius 2 is 2.39 bits per heavy atom. The summed E-state index contributed by atoms with van der Waals surface area (Å²) in [7, 11) is 0. The van der Waals surface area contributed by atoms with Crippen LogP contribution in [0, 0.1) is 0 Å². The van der Waals surface area contributed by atoms with Crippen LogP contribution in [0.4, 0.5) is 0 Å². The fraction of sp³-hybridized carbons (Fsp3) is 1.00. The van der Waals surface area contributed by atoms with Crippen molar-refractivity contribution in [1.82, 2.24) is 5.32 Å². The normalized spacial score (nSPS) is 41.3. The van der Waals surface area contributed by atoms with Gasteiger partial charge in [0.2, 0.25) is 0 Å². The van der Waals surface area contributed by atoms with Crippen LogP contribution in [0.1, 0.15) is 19.3 Å². The SMILES string of the molecule is C1COC(COC2CCOC3(CCSC3)C2)CN1. The first kappa shape index (κ1) is 13.2. The zero-order valence-corrected chi connectivity index (χ0v) is 11.7. The van der Waals surface area contributed by atoms with Crippen LogP contribution < -0.4 is 5.32 Å². The Labute approximate surface area is 113 Å². The van der Waals surface area contributed by atoms with Gasteiger partial charge in [-0.15, -0.1) is 0 Å². The summed E-state index contributed by atoms with van der Waals surface area (Å²) in [6.45, 7) is 4.27. The Kier molecular flexibility index (Phi) is 4.46. The molecule has 3 aliphatic rings. The van der Waals surface area contributed by atoms with Gasteiger partial charge in [0.1, 0.15) is 0 Å². The summed E-state index contributed by atoms with van der Waals surface area (Å²) in [6.07, 6.45) is 3.89. The van der Waals surface area contributed by atoms with Crippen LogP contribution in [-0.2, 0) is 14.2 Å². The van der Waals surface area contributed by atoms with Crippen molar-refractivity contribution < 1.29 is 14.2 Å². The molecule has 0 aromatic carbocycles. The molecule has 5 heteroatoms. The quantitative estimate of drug-likeness (QED) is 0.832. The Morgan fingerprint density at radius 1 is 1.39 bits per heavy atom. The summed E-state index contributed by atoms with van der Waals surface area (Å²) in [4.78, 5) is 0. The lowest BCUT2D eigenvalue weighted by Gasteiger charge is -2.38. The first-order valence-corrected chi connectivity index (χ1v) is 8.17. The van der Waals surface area contributed by atoms with Gasteiger partial charge in [-0.3, -0.25) is 0 Å². The number of thioether (sulfide) groups is 1. The fourth-order valence-electron chi connectivity index (χ4n) is 2.96. The molecule has 18 heavy (non-hydrogen) atoms. The van der Waals surface area contributed by atoms with Gasteiger partial charge in [-0.1, -0.05) is 0 Å². The molecule has 0 saturated carbocycles. The van der Waals surface area contributed by atoms with Crippen LogP contribution in [0.2, 0.25) is 0 Å². The van der Waals surface area contributed by atoms with Crippen molar-refractivity contribution in [3.63, 3.8) is 0 Å².